The number of likely N-dealkylation sites (tertiary alicyclic amines) is 1. The zero-order valence-electron chi connectivity index (χ0n) is 9.98. The van der Waals surface area contributed by atoms with Gasteiger partial charge in [0.15, 0.2) is 0 Å². The molecule has 1 unspecified atom stereocenters. The summed E-state index contributed by atoms with van der Waals surface area (Å²) in [7, 11) is 0. The number of nitrogens with zero attached hydrogens (tertiary/aromatic N) is 1. The van der Waals surface area contributed by atoms with E-state index in [1.807, 2.05) is 18.2 Å². The zero-order valence-corrected chi connectivity index (χ0v) is 9.98. The molecule has 0 bridgehead atoms. The highest BCUT2D eigenvalue weighted by Gasteiger charge is 2.27. The first-order valence-electron chi connectivity index (χ1n) is 6.38. The summed E-state index contributed by atoms with van der Waals surface area (Å²) >= 11 is 0. The summed E-state index contributed by atoms with van der Waals surface area (Å²) in [5.74, 6) is 2.01. The zero-order chi connectivity index (χ0) is 11.7. The number of ether oxygens (including phenoxy) is 1. The fraction of sp³-hybridized carbons (Fsp3) is 0.500. The van der Waals surface area contributed by atoms with Crippen LogP contribution >= 0.6 is 0 Å². The summed E-state index contributed by atoms with van der Waals surface area (Å²) in [4.78, 5) is 2.21. The number of amidine groups is 1. The Kier molecular flexibility index (Phi) is 2.75. The van der Waals surface area contributed by atoms with E-state index in [1.54, 1.807) is 0 Å². The largest absolute Gasteiger partial charge is 0.493 e. The summed E-state index contributed by atoms with van der Waals surface area (Å²) in [5.41, 5.74) is 1.24. The number of fused-ring (bicyclic) bond motifs is 1. The fourth-order valence-corrected chi connectivity index (χ4v) is 2.72. The Morgan fingerprint density at radius 3 is 2.82 bits per heavy atom. The van der Waals surface area contributed by atoms with Crippen molar-refractivity contribution in [3.8, 4) is 5.75 Å². The van der Waals surface area contributed by atoms with Crippen LogP contribution in [0, 0.1) is 11.3 Å². The van der Waals surface area contributed by atoms with Crippen molar-refractivity contribution in [1.82, 2.24) is 4.90 Å². The molecule has 3 rings (SSSR count). The summed E-state index contributed by atoms with van der Waals surface area (Å²) < 4.78 is 5.75. The summed E-state index contributed by atoms with van der Waals surface area (Å²) in [6.07, 6.45) is 3.41. The molecule has 1 atom stereocenters. The smallest absolute Gasteiger partial charge is 0.122 e. The molecule has 0 spiro atoms. The lowest BCUT2D eigenvalue weighted by molar-refractivity contribution is 0.248. The van der Waals surface area contributed by atoms with Crippen LogP contribution in [0.3, 0.4) is 0 Å². The van der Waals surface area contributed by atoms with E-state index in [2.05, 4.69) is 11.0 Å². The Bertz CT molecular complexity index is 424. The van der Waals surface area contributed by atoms with E-state index in [0.717, 1.165) is 31.1 Å². The molecule has 2 aliphatic heterocycles. The van der Waals surface area contributed by atoms with Gasteiger partial charge in [-0.2, -0.15) is 0 Å². The van der Waals surface area contributed by atoms with E-state index in [9.17, 15) is 0 Å². The lowest BCUT2D eigenvalue weighted by atomic mass is 9.95. The molecule has 2 heterocycles. The maximum atomic E-state index is 8.27. The van der Waals surface area contributed by atoms with Crippen LogP contribution < -0.4 is 4.74 Å². The number of hydrogen-bond acceptors (Lipinski definition) is 2. The molecule has 17 heavy (non-hydrogen) atoms. The van der Waals surface area contributed by atoms with E-state index in [0.29, 0.717) is 6.61 Å². The van der Waals surface area contributed by atoms with Gasteiger partial charge in [0, 0.05) is 13.1 Å². The van der Waals surface area contributed by atoms with E-state index in [1.165, 1.54) is 18.4 Å². The van der Waals surface area contributed by atoms with Gasteiger partial charge in [0.05, 0.1) is 12.5 Å². The number of para-hydroxylation sites is 1. The van der Waals surface area contributed by atoms with E-state index in [4.69, 9.17) is 10.1 Å². The Hall–Kier alpha value is -1.51. The van der Waals surface area contributed by atoms with E-state index < -0.39 is 0 Å². The summed E-state index contributed by atoms with van der Waals surface area (Å²) in [6.45, 7) is 2.76. The standard InChI is InChI=1S/C14H18N2O/c15-14(16-7-3-4-8-16)12-9-11-5-1-2-6-13(11)17-10-12/h1-2,5-6,12,15H,3-4,7-10H2. The lowest BCUT2D eigenvalue weighted by Gasteiger charge is -2.30. The molecule has 3 nitrogen and oxygen atoms in total. The second-order valence-corrected chi connectivity index (χ2v) is 4.90. The highest BCUT2D eigenvalue weighted by atomic mass is 16.5. The van der Waals surface area contributed by atoms with Crippen LogP contribution in [0.5, 0.6) is 5.75 Å². The van der Waals surface area contributed by atoms with Crippen molar-refractivity contribution in [3.05, 3.63) is 29.8 Å². The predicted molar refractivity (Wildman–Crippen MR) is 67.7 cm³/mol. The first-order chi connectivity index (χ1) is 8.34. The second kappa shape index (κ2) is 4.40. The van der Waals surface area contributed by atoms with Crippen molar-refractivity contribution in [2.24, 2.45) is 5.92 Å². The molecule has 0 amide bonds. The van der Waals surface area contributed by atoms with Gasteiger partial charge in [0.25, 0.3) is 0 Å². The molecule has 3 heteroatoms. The van der Waals surface area contributed by atoms with Crippen LogP contribution in [0.4, 0.5) is 0 Å². The van der Waals surface area contributed by atoms with Gasteiger partial charge in [-0.1, -0.05) is 18.2 Å². The average Bonchev–Trinajstić information content (AvgIpc) is 2.91. The van der Waals surface area contributed by atoms with Gasteiger partial charge in [0.2, 0.25) is 0 Å². The molecular formula is C14H18N2O. The predicted octanol–water partition coefficient (Wildman–Crippen LogP) is 2.31. The SMILES string of the molecule is N=C(C1COc2ccccc2C1)N1CCCC1. The van der Waals surface area contributed by atoms with Crippen LogP contribution in [0.1, 0.15) is 18.4 Å². The highest BCUT2D eigenvalue weighted by Crippen LogP contribution is 2.28. The Labute approximate surface area is 102 Å². The minimum atomic E-state index is 0.239. The monoisotopic (exact) mass is 230 g/mol. The van der Waals surface area contributed by atoms with E-state index >= 15 is 0 Å². The average molecular weight is 230 g/mol. The third-order valence-electron chi connectivity index (χ3n) is 3.71. The molecule has 90 valence electrons. The molecule has 1 saturated heterocycles. The molecule has 0 aromatic heterocycles. The van der Waals surface area contributed by atoms with Crippen LogP contribution in [0.25, 0.3) is 0 Å². The van der Waals surface area contributed by atoms with Gasteiger partial charge in [-0.05, 0) is 30.9 Å². The van der Waals surface area contributed by atoms with Crippen molar-refractivity contribution in [2.75, 3.05) is 19.7 Å². The quantitative estimate of drug-likeness (QED) is 0.593. The normalized spacial score (nSPS) is 23.1. The minimum absolute atomic E-state index is 0.239. The number of hydrogen-bond donors (Lipinski definition) is 1. The van der Waals surface area contributed by atoms with E-state index in [-0.39, 0.29) is 5.92 Å². The topological polar surface area (TPSA) is 36.3 Å². The molecule has 1 N–H and O–H groups in total. The first kappa shape index (κ1) is 10.6. The molecule has 0 aliphatic carbocycles. The van der Waals surface area contributed by atoms with Gasteiger partial charge >= 0.3 is 0 Å². The Morgan fingerprint density at radius 2 is 2.00 bits per heavy atom. The molecule has 0 radical (unpaired) electrons. The van der Waals surface area contributed by atoms with Crippen molar-refractivity contribution < 1.29 is 4.74 Å². The third-order valence-corrected chi connectivity index (χ3v) is 3.71. The van der Waals surface area contributed by atoms with Crippen molar-refractivity contribution >= 4 is 5.84 Å². The summed E-state index contributed by atoms with van der Waals surface area (Å²) in [5, 5.41) is 8.27. The van der Waals surface area contributed by atoms with Crippen molar-refractivity contribution in [3.63, 3.8) is 0 Å². The molecular weight excluding hydrogens is 212 g/mol. The van der Waals surface area contributed by atoms with Gasteiger partial charge in [-0.15, -0.1) is 0 Å². The third kappa shape index (κ3) is 2.02. The van der Waals surface area contributed by atoms with Crippen LogP contribution in [0.15, 0.2) is 24.3 Å². The molecule has 1 aromatic carbocycles. The molecule has 2 aliphatic rings. The Morgan fingerprint density at radius 1 is 1.24 bits per heavy atom. The maximum absolute atomic E-state index is 8.27. The van der Waals surface area contributed by atoms with Crippen molar-refractivity contribution in [1.29, 1.82) is 5.41 Å². The van der Waals surface area contributed by atoms with Gasteiger partial charge in [-0.25, -0.2) is 0 Å². The molecule has 1 fully saturated rings. The highest BCUT2D eigenvalue weighted by molar-refractivity contribution is 5.82. The number of nitrogens with one attached hydrogen (secondary N) is 1. The first-order valence-corrected chi connectivity index (χ1v) is 6.38. The van der Waals surface area contributed by atoms with Gasteiger partial charge < -0.3 is 9.64 Å². The summed E-state index contributed by atoms with van der Waals surface area (Å²) in [6, 6.07) is 8.18. The fourth-order valence-electron chi connectivity index (χ4n) is 2.72. The van der Waals surface area contributed by atoms with Crippen LogP contribution in [-0.4, -0.2) is 30.4 Å². The van der Waals surface area contributed by atoms with Crippen molar-refractivity contribution in [2.45, 2.75) is 19.3 Å². The number of rotatable bonds is 1. The van der Waals surface area contributed by atoms with Crippen LogP contribution in [0.2, 0.25) is 0 Å². The molecule has 0 saturated carbocycles. The van der Waals surface area contributed by atoms with Gasteiger partial charge in [0.1, 0.15) is 11.6 Å². The minimum Gasteiger partial charge on any atom is -0.493 e. The lowest BCUT2D eigenvalue weighted by Crippen LogP contribution is -2.38. The van der Waals surface area contributed by atoms with Crippen LogP contribution in [-0.2, 0) is 6.42 Å². The van der Waals surface area contributed by atoms with Gasteiger partial charge in [-0.3, -0.25) is 5.41 Å². The Balaban J connectivity index is 1.73. The maximum Gasteiger partial charge on any atom is 0.122 e. The number of benzene rings is 1. The second-order valence-electron chi connectivity index (χ2n) is 4.90. The molecule has 1 aromatic rings.